The fraction of sp³-hybridized carbons (Fsp3) is 0.238. The summed E-state index contributed by atoms with van der Waals surface area (Å²) in [4.78, 5) is 4.53. The van der Waals surface area contributed by atoms with E-state index in [0.717, 1.165) is 28.9 Å². The highest BCUT2D eigenvalue weighted by Gasteiger charge is 2.20. The maximum absolute atomic E-state index is 13.6. The number of hydrogen-bond donors (Lipinski definition) is 2. The molecular weight excluding hydrogens is 313 g/mol. The number of nitrogens with zero attached hydrogens (tertiary/aromatic N) is 1. The van der Waals surface area contributed by atoms with Gasteiger partial charge in [-0.1, -0.05) is 31.2 Å². The largest absolute Gasteiger partial charge is 0.312 e. The fourth-order valence-electron chi connectivity index (χ4n) is 3.13. The first kappa shape index (κ1) is 17.2. The first-order chi connectivity index (χ1) is 12.1. The smallest absolute Gasteiger partial charge is 0.126 e. The molecule has 0 radical (unpaired) electrons. The first-order valence-electron chi connectivity index (χ1n) is 8.50. The van der Waals surface area contributed by atoms with Crippen LogP contribution >= 0.6 is 0 Å². The van der Waals surface area contributed by atoms with Gasteiger partial charge >= 0.3 is 0 Å². The maximum Gasteiger partial charge on any atom is 0.126 e. The van der Waals surface area contributed by atoms with E-state index in [-0.39, 0.29) is 17.8 Å². The molecule has 0 saturated carbocycles. The fourth-order valence-corrected chi connectivity index (χ4v) is 3.13. The van der Waals surface area contributed by atoms with Crippen LogP contribution in [0.1, 0.15) is 18.1 Å². The molecule has 1 heterocycles. The Balaban J connectivity index is 2.03. The molecule has 3 rings (SSSR count). The molecule has 128 valence electrons. The lowest BCUT2D eigenvalue weighted by Crippen LogP contribution is -2.35. The van der Waals surface area contributed by atoms with Crippen molar-refractivity contribution in [3.8, 4) is 11.3 Å². The number of likely N-dealkylation sites (N-methyl/N-ethyl adjacent to an activating group) is 1. The van der Waals surface area contributed by atoms with Gasteiger partial charge in [-0.15, -0.1) is 0 Å². The van der Waals surface area contributed by atoms with E-state index in [1.165, 1.54) is 12.3 Å². The molecule has 2 atom stereocenters. The molecule has 0 aliphatic heterocycles. The van der Waals surface area contributed by atoms with E-state index in [4.69, 9.17) is 5.41 Å². The minimum atomic E-state index is -0.213. The topological polar surface area (TPSA) is 48.8 Å². The van der Waals surface area contributed by atoms with Gasteiger partial charge in [-0.05, 0) is 48.9 Å². The van der Waals surface area contributed by atoms with Crippen molar-refractivity contribution in [1.82, 2.24) is 10.3 Å². The third-order valence-electron chi connectivity index (χ3n) is 4.45. The van der Waals surface area contributed by atoms with Gasteiger partial charge in [-0.3, -0.25) is 4.98 Å². The van der Waals surface area contributed by atoms with Gasteiger partial charge in [0, 0.05) is 35.5 Å². The van der Waals surface area contributed by atoms with E-state index in [0.29, 0.717) is 5.56 Å². The Morgan fingerprint density at radius 2 is 2.16 bits per heavy atom. The van der Waals surface area contributed by atoms with Crippen molar-refractivity contribution in [2.45, 2.75) is 19.9 Å². The molecule has 2 aromatic rings. The minimum Gasteiger partial charge on any atom is -0.312 e. The zero-order chi connectivity index (χ0) is 17.8. The van der Waals surface area contributed by atoms with Crippen molar-refractivity contribution >= 4 is 11.8 Å². The molecule has 25 heavy (non-hydrogen) atoms. The number of pyridine rings is 1. The van der Waals surface area contributed by atoms with E-state index < -0.39 is 0 Å². The summed E-state index contributed by atoms with van der Waals surface area (Å²) >= 11 is 0. The maximum atomic E-state index is 13.6. The molecule has 0 bridgehead atoms. The molecule has 0 amide bonds. The second kappa shape index (κ2) is 7.53. The molecule has 2 unspecified atom stereocenters. The Morgan fingerprint density at radius 3 is 2.88 bits per heavy atom. The number of benzene rings is 1. The lowest BCUT2D eigenvalue weighted by molar-refractivity contribution is 0.568. The molecule has 1 aliphatic carbocycles. The van der Waals surface area contributed by atoms with Gasteiger partial charge in [0.05, 0.1) is 5.69 Å². The Morgan fingerprint density at radius 1 is 1.32 bits per heavy atom. The Bertz CT molecular complexity index is 839. The highest BCUT2D eigenvalue weighted by atomic mass is 19.1. The monoisotopic (exact) mass is 335 g/mol. The molecule has 0 spiro atoms. The number of hydrogen-bond acceptors (Lipinski definition) is 3. The number of halogens is 1. The van der Waals surface area contributed by atoms with E-state index in [1.807, 2.05) is 18.2 Å². The molecule has 1 aliphatic rings. The van der Waals surface area contributed by atoms with Crippen LogP contribution in [-0.4, -0.2) is 23.8 Å². The highest BCUT2D eigenvalue weighted by molar-refractivity contribution is 5.86. The number of aromatic nitrogens is 1. The van der Waals surface area contributed by atoms with Crippen LogP contribution in [0.15, 0.2) is 54.8 Å². The van der Waals surface area contributed by atoms with Crippen LogP contribution < -0.4 is 5.32 Å². The van der Waals surface area contributed by atoms with Crippen LogP contribution in [0, 0.1) is 24.1 Å². The summed E-state index contributed by atoms with van der Waals surface area (Å²) in [5.74, 6) is -0.210. The van der Waals surface area contributed by atoms with Crippen molar-refractivity contribution in [2.24, 2.45) is 5.92 Å². The van der Waals surface area contributed by atoms with E-state index >= 15 is 0 Å². The standard InChI is InChI=1S/C21H22FN3/c1-3-24-20-9-7-15(12-17(20)13-23)18-5-4-10-25-21(18)16-6-8-19(22)14(2)11-16/h4-13,17,20,23-24H,3H2,1-2H3. The third kappa shape index (κ3) is 3.59. The van der Waals surface area contributed by atoms with Crippen molar-refractivity contribution < 1.29 is 4.39 Å². The predicted molar refractivity (Wildman–Crippen MR) is 101 cm³/mol. The summed E-state index contributed by atoms with van der Waals surface area (Å²) < 4.78 is 13.6. The van der Waals surface area contributed by atoms with Gasteiger partial charge in [0.2, 0.25) is 0 Å². The number of nitrogens with one attached hydrogen (secondary N) is 2. The summed E-state index contributed by atoms with van der Waals surface area (Å²) in [6, 6.07) is 9.13. The van der Waals surface area contributed by atoms with Crippen LogP contribution in [0.5, 0.6) is 0 Å². The number of allylic oxidation sites excluding steroid dienone is 2. The SMILES string of the molecule is CCNC1C=CC(c2cccnc2-c2ccc(F)c(C)c2)=CC1C=N. The van der Waals surface area contributed by atoms with Crippen molar-refractivity contribution in [3.05, 3.63) is 71.7 Å². The molecule has 3 nitrogen and oxygen atoms in total. The van der Waals surface area contributed by atoms with Crippen molar-refractivity contribution in [1.29, 1.82) is 5.41 Å². The molecule has 2 N–H and O–H groups in total. The molecule has 0 fully saturated rings. The summed E-state index contributed by atoms with van der Waals surface area (Å²) in [5.41, 5.74) is 4.35. The summed E-state index contributed by atoms with van der Waals surface area (Å²) in [6.45, 7) is 4.67. The quantitative estimate of drug-likeness (QED) is 0.796. The van der Waals surface area contributed by atoms with Gasteiger partial charge < -0.3 is 10.7 Å². The number of aryl methyl sites for hydroxylation is 1. The summed E-state index contributed by atoms with van der Waals surface area (Å²) in [7, 11) is 0. The third-order valence-corrected chi connectivity index (χ3v) is 4.45. The number of rotatable bonds is 5. The van der Waals surface area contributed by atoms with E-state index in [9.17, 15) is 4.39 Å². The normalized spacial score (nSPS) is 19.6. The lowest BCUT2D eigenvalue weighted by atomic mass is 9.88. The highest BCUT2D eigenvalue weighted by Crippen LogP contribution is 2.31. The van der Waals surface area contributed by atoms with Crippen LogP contribution in [0.3, 0.4) is 0 Å². The second-order valence-electron chi connectivity index (χ2n) is 6.17. The average molecular weight is 335 g/mol. The van der Waals surface area contributed by atoms with Crippen molar-refractivity contribution in [2.75, 3.05) is 6.54 Å². The molecule has 4 heteroatoms. The van der Waals surface area contributed by atoms with Gasteiger partial charge in [0.25, 0.3) is 0 Å². The molecule has 1 aromatic carbocycles. The Labute approximate surface area is 147 Å². The summed E-state index contributed by atoms with van der Waals surface area (Å²) in [5, 5.41) is 11.1. The van der Waals surface area contributed by atoms with Crippen LogP contribution in [0.4, 0.5) is 4.39 Å². The van der Waals surface area contributed by atoms with Gasteiger partial charge in [0.1, 0.15) is 5.82 Å². The van der Waals surface area contributed by atoms with Crippen LogP contribution in [0.2, 0.25) is 0 Å². The second-order valence-corrected chi connectivity index (χ2v) is 6.17. The summed E-state index contributed by atoms with van der Waals surface area (Å²) in [6.07, 6.45) is 9.48. The van der Waals surface area contributed by atoms with E-state index in [1.54, 1.807) is 19.2 Å². The molecule has 1 aromatic heterocycles. The van der Waals surface area contributed by atoms with Gasteiger partial charge in [0.15, 0.2) is 0 Å². The van der Waals surface area contributed by atoms with Gasteiger partial charge in [-0.25, -0.2) is 4.39 Å². The first-order valence-corrected chi connectivity index (χ1v) is 8.50. The molecule has 0 saturated heterocycles. The zero-order valence-electron chi connectivity index (χ0n) is 14.5. The van der Waals surface area contributed by atoms with Crippen molar-refractivity contribution in [3.63, 3.8) is 0 Å². The molecular formula is C21H22FN3. The van der Waals surface area contributed by atoms with Crippen LogP contribution in [0.25, 0.3) is 16.8 Å². The average Bonchev–Trinajstić information content (AvgIpc) is 2.64. The van der Waals surface area contributed by atoms with Gasteiger partial charge in [-0.2, -0.15) is 0 Å². The Hall–Kier alpha value is -2.59. The lowest BCUT2D eigenvalue weighted by Gasteiger charge is -2.24. The van der Waals surface area contributed by atoms with E-state index in [2.05, 4.69) is 35.5 Å². The van der Waals surface area contributed by atoms with Crippen LogP contribution in [-0.2, 0) is 0 Å². The zero-order valence-corrected chi connectivity index (χ0v) is 14.5. The minimum absolute atomic E-state index is 0.00274. The Kier molecular flexibility index (Phi) is 5.19. The predicted octanol–water partition coefficient (Wildman–Crippen LogP) is 4.39.